The number of fused-ring (bicyclic) bond motifs is 1. The molecule has 0 atom stereocenters. The van der Waals surface area contributed by atoms with Crippen LogP contribution in [0.25, 0.3) is 11.2 Å². The van der Waals surface area contributed by atoms with Gasteiger partial charge in [0.2, 0.25) is 5.88 Å². The number of methoxy groups -OCH3 is 1. The molecule has 2 rings (SSSR count). The van der Waals surface area contributed by atoms with E-state index in [4.69, 9.17) is 16.3 Å². The summed E-state index contributed by atoms with van der Waals surface area (Å²) in [5, 5.41) is 0. The number of hydrogen-bond acceptors (Lipinski definition) is 6. The van der Waals surface area contributed by atoms with Gasteiger partial charge in [0.05, 0.1) is 18.7 Å². The minimum absolute atomic E-state index is 0.108. The molecule has 0 saturated heterocycles. The van der Waals surface area contributed by atoms with Gasteiger partial charge in [-0.2, -0.15) is 4.98 Å². The van der Waals surface area contributed by atoms with Crippen molar-refractivity contribution in [2.24, 2.45) is 0 Å². The van der Waals surface area contributed by atoms with E-state index >= 15 is 0 Å². The molecule has 9 heteroatoms. The Kier molecular flexibility index (Phi) is 4.44. The van der Waals surface area contributed by atoms with Crippen molar-refractivity contribution in [1.29, 1.82) is 0 Å². The second kappa shape index (κ2) is 5.92. The Balaban J connectivity index is 2.36. The van der Waals surface area contributed by atoms with Crippen LogP contribution in [-0.4, -0.2) is 47.1 Å². The summed E-state index contributed by atoms with van der Waals surface area (Å²) in [5.74, 6) is 1.31. The molecule has 7 nitrogen and oxygen atoms in total. The topological polar surface area (TPSA) is 87.0 Å². The highest BCUT2D eigenvalue weighted by molar-refractivity contribution is 7.90. The third kappa shape index (κ3) is 3.18. The Morgan fingerprint density at radius 3 is 2.75 bits per heavy atom. The van der Waals surface area contributed by atoms with Crippen molar-refractivity contribution >= 4 is 32.6 Å². The average molecular weight is 319 g/mol. The SMILES string of the molecule is COc1ncnc2c1nc(CCl)n2CCCS(C)(=O)=O. The first-order valence-corrected chi connectivity index (χ1v) is 8.53. The summed E-state index contributed by atoms with van der Waals surface area (Å²) in [5.41, 5.74) is 1.13. The van der Waals surface area contributed by atoms with Crippen LogP contribution in [0.4, 0.5) is 0 Å². The van der Waals surface area contributed by atoms with Crippen molar-refractivity contribution in [2.75, 3.05) is 19.1 Å². The third-order valence-corrected chi connectivity index (χ3v) is 4.06. The molecule has 0 aliphatic carbocycles. The maximum atomic E-state index is 11.2. The molecule has 0 bridgehead atoms. The highest BCUT2D eigenvalue weighted by Gasteiger charge is 2.16. The Morgan fingerprint density at radius 2 is 2.15 bits per heavy atom. The van der Waals surface area contributed by atoms with Crippen LogP contribution >= 0.6 is 11.6 Å². The minimum atomic E-state index is -2.99. The fourth-order valence-corrected chi connectivity index (χ4v) is 2.79. The zero-order valence-electron chi connectivity index (χ0n) is 11.2. The molecule has 0 aromatic carbocycles. The van der Waals surface area contributed by atoms with E-state index in [1.54, 1.807) is 4.57 Å². The molecule has 2 aromatic heterocycles. The monoisotopic (exact) mass is 318 g/mol. The quantitative estimate of drug-likeness (QED) is 0.739. The second-order valence-corrected chi connectivity index (χ2v) is 6.88. The van der Waals surface area contributed by atoms with Gasteiger partial charge in [0.15, 0.2) is 11.2 Å². The lowest BCUT2D eigenvalue weighted by Gasteiger charge is -2.06. The van der Waals surface area contributed by atoms with E-state index in [-0.39, 0.29) is 11.6 Å². The van der Waals surface area contributed by atoms with Gasteiger partial charge in [-0.15, -0.1) is 11.6 Å². The predicted octanol–water partition coefficient (Wildman–Crippen LogP) is 1.01. The number of rotatable bonds is 6. The van der Waals surface area contributed by atoms with Gasteiger partial charge in [-0.3, -0.25) is 0 Å². The summed E-state index contributed by atoms with van der Waals surface area (Å²) in [4.78, 5) is 12.5. The number of imidazole rings is 1. The zero-order valence-corrected chi connectivity index (χ0v) is 12.8. The summed E-state index contributed by atoms with van der Waals surface area (Å²) < 4.78 is 29.3. The summed E-state index contributed by atoms with van der Waals surface area (Å²) in [7, 11) is -1.48. The maximum absolute atomic E-state index is 11.2. The molecule has 0 aliphatic heterocycles. The fraction of sp³-hybridized carbons (Fsp3) is 0.545. The predicted molar refractivity (Wildman–Crippen MR) is 75.8 cm³/mol. The Morgan fingerprint density at radius 1 is 1.40 bits per heavy atom. The van der Waals surface area contributed by atoms with Crippen molar-refractivity contribution in [3.8, 4) is 5.88 Å². The lowest BCUT2D eigenvalue weighted by Crippen LogP contribution is -2.09. The number of ether oxygens (including phenoxy) is 1. The summed E-state index contributed by atoms with van der Waals surface area (Å²) in [6, 6.07) is 0. The molecular weight excluding hydrogens is 304 g/mol. The smallest absolute Gasteiger partial charge is 0.245 e. The van der Waals surface area contributed by atoms with Crippen LogP contribution in [-0.2, 0) is 22.3 Å². The van der Waals surface area contributed by atoms with E-state index in [0.717, 1.165) is 0 Å². The molecule has 0 spiro atoms. The minimum Gasteiger partial charge on any atom is -0.479 e. The van der Waals surface area contributed by atoms with E-state index in [1.165, 1.54) is 19.7 Å². The Hall–Kier alpha value is -1.41. The van der Waals surface area contributed by atoms with Crippen LogP contribution in [0.3, 0.4) is 0 Å². The molecule has 0 radical (unpaired) electrons. The van der Waals surface area contributed by atoms with Crippen LogP contribution in [0.5, 0.6) is 5.88 Å². The summed E-state index contributed by atoms with van der Waals surface area (Å²) in [6.07, 6.45) is 3.07. The van der Waals surface area contributed by atoms with Crippen molar-refractivity contribution < 1.29 is 13.2 Å². The highest BCUT2D eigenvalue weighted by atomic mass is 35.5. The van der Waals surface area contributed by atoms with Crippen LogP contribution in [0.2, 0.25) is 0 Å². The molecule has 0 fully saturated rings. The van der Waals surface area contributed by atoms with Crippen LogP contribution in [0.1, 0.15) is 12.2 Å². The highest BCUT2D eigenvalue weighted by Crippen LogP contribution is 2.22. The van der Waals surface area contributed by atoms with E-state index in [9.17, 15) is 8.42 Å². The van der Waals surface area contributed by atoms with Gasteiger partial charge in [-0.1, -0.05) is 0 Å². The molecule has 2 heterocycles. The van der Waals surface area contributed by atoms with E-state index in [1.807, 2.05) is 0 Å². The molecule has 0 unspecified atom stereocenters. The molecule has 0 amide bonds. The van der Waals surface area contributed by atoms with Crippen molar-refractivity contribution in [2.45, 2.75) is 18.8 Å². The summed E-state index contributed by atoms with van der Waals surface area (Å²) >= 11 is 5.88. The molecule has 0 saturated carbocycles. The summed E-state index contributed by atoms with van der Waals surface area (Å²) in [6.45, 7) is 0.478. The number of sulfone groups is 1. The maximum Gasteiger partial charge on any atom is 0.245 e. The number of hydrogen-bond donors (Lipinski definition) is 0. The molecule has 20 heavy (non-hydrogen) atoms. The van der Waals surface area contributed by atoms with Gasteiger partial charge in [-0.25, -0.2) is 18.4 Å². The average Bonchev–Trinajstić information content (AvgIpc) is 2.75. The number of halogens is 1. The fourth-order valence-electron chi connectivity index (χ4n) is 1.93. The standard InChI is InChI=1S/C11H15ClN4O3S/c1-19-11-9-10(13-7-14-11)16(8(6-12)15-9)4-3-5-20(2,17)18/h7H,3-6H2,1-2H3. The second-order valence-electron chi connectivity index (χ2n) is 4.35. The molecule has 0 aliphatic rings. The zero-order chi connectivity index (χ0) is 14.8. The van der Waals surface area contributed by atoms with Crippen LogP contribution in [0, 0.1) is 0 Å². The third-order valence-electron chi connectivity index (χ3n) is 2.79. The van der Waals surface area contributed by atoms with Crippen LogP contribution < -0.4 is 4.74 Å². The van der Waals surface area contributed by atoms with E-state index < -0.39 is 9.84 Å². The lowest BCUT2D eigenvalue weighted by molar-refractivity contribution is 0.401. The molecular formula is C11H15ClN4O3S. The first-order chi connectivity index (χ1) is 9.46. The van der Waals surface area contributed by atoms with Crippen LogP contribution in [0.15, 0.2) is 6.33 Å². The Bertz CT molecular complexity index is 714. The largest absolute Gasteiger partial charge is 0.479 e. The lowest BCUT2D eigenvalue weighted by atomic mass is 10.4. The van der Waals surface area contributed by atoms with Gasteiger partial charge in [0, 0.05) is 12.8 Å². The van der Waals surface area contributed by atoms with E-state index in [0.29, 0.717) is 35.8 Å². The molecule has 110 valence electrons. The van der Waals surface area contributed by atoms with Gasteiger partial charge in [0.25, 0.3) is 0 Å². The number of nitrogens with zero attached hydrogens (tertiary/aromatic N) is 4. The Labute approximate surface area is 121 Å². The van der Waals surface area contributed by atoms with Gasteiger partial charge in [-0.05, 0) is 6.42 Å². The number of aromatic nitrogens is 4. The first-order valence-electron chi connectivity index (χ1n) is 5.94. The van der Waals surface area contributed by atoms with Crippen molar-refractivity contribution in [1.82, 2.24) is 19.5 Å². The number of alkyl halides is 1. The van der Waals surface area contributed by atoms with E-state index in [2.05, 4.69) is 15.0 Å². The van der Waals surface area contributed by atoms with Crippen molar-refractivity contribution in [3.05, 3.63) is 12.2 Å². The van der Waals surface area contributed by atoms with Crippen molar-refractivity contribution in [3.63, 3.8) is 0 Å². The molecule has 2 aromatic rings. The van der Waals surface area contributed by atoms with Gasteiger partial charge >= 0.3 is 0 Å². The van der Waals surface area contributed by atoms with Gasteiger partial charge in [0.1, 0.15) is 22.0 Å². The normalized spacial score (nSPS) is 11.9. The number of aryl methyl sites for hydroxylation is 1. The first kappa shape index (κ1) is 15.0. The molecule has 0 N–H and O–H groups in total. The van der Waals surface area contributed by atoms with Gasteiger partial charge < -0.3 is 9.30 Å².